The Morgan fingerprint density at radius 3 is 1.40 bits per heavy atom. The molecule has 0 nitrogen and oxygen atoms in total. The Hall–Kier alpha value is 1.36. The predicted molar refractivity (Wildman–Crippen MR) is 29.4 cm³/mol. The molecule has 0 unspecified atom stereocenters. The van der Waals surface area contributed by atoms with E-state index in [1.54, 1.807) is 0 Å². The van der Waals surface area contributed by atoms with E-state index in [4.69, 9.17) is 0 Å². The summed E-state index contributed by atoms with van der Waals surface area (Å²) in [6.07, 6.45) is 0. The Morgan fingerprint density at radius 1 is 1.40 bits per heavy atom. The molecular formula is C3H9LiMg. The van der Waals surface area contributed by atoms with Gasteiger partial charge in [-0.3, -0.25) is 0 Å². The van der Waals surface area contributed by atoms with Crippen LogP contribution >= 0.6 is 0 Å². The van der Waals surface area contributed by atoms with E-state index < -0.39 is 0 Å². The van der Waals surface area contributed by atoms with Crippen LogP contribution in [0.1, 0.15) is 13.8 Å². The van der Waals surface area contributed by atoms with Gasteiger partial charge >= 0.3 is 59.2 Å². The van der Waals surface area contributed by atoms with Crippen molar-refractivity contribution < 1.29 is 0 Å². The first kappa shape index (κ1) is 9.61. The summed E-state index contributed by atoms with van der Waals surface area (Å²) in [7, 11) is 0. The van der Waals surface area contributed by atoms with Gasteiger partial charge in [-0.1, -0.05) is 0 Å². The van der Waals surface area contributed by atoms with Crippen molar-refractivity contribution in [3.8, 4) is 0 Å². The van der Waals surface area contributed by atoms with Crippen LogP contribution in [-0.4, -0.2) is 40.8 Å². The van der Waals surface area contributed by atoms with Crippen LogP contribution in [-0.2, 0) is 0 Å². The largest absolute Gasteiger partial charge is 0.316 e. The van der Waals surface area contributed by atoms with Crippen molar-refractivity contribution in [1.82, 2.24) is 0 Å². The molecule has 0 bridgehead atoms. The van der Waals surface area contributed by atoms with Crippen LogP contribution in [0.3, 0.4) is 0 Å². The van der Waals surface area contributed by atoms with Crippen LogP contribution in [0.4, 0.5) is 0 Å². The maximum absolute atomic E-state index is 2.17. The van der Waals surface area contributed by atoms with Gasteiger partial charge in [0.25, 0.3) is 0 Å². The zero-order chi connectivity index (χ0) is 3.58. The Kier molecular flexibility index (Phi) is 10.3. The minimum Gasteiger partial charge on any atom is 0.316 e. The van der Waals surface area contributed by atoms with Crippen molar-refractivity contribution in [3.63, 3.8) is 0 Å². The molecule has 0 amide bonds. The summed E-state index contributed by atoms with van der Waals surface area (Å²) < 4.78 is 0.833. The molecule has 0 aromatic heterocycles. The van der Waals surface area contributed by atoms with Gasteiger partial charge in [0.15, 0.2) is 0 Å². The summed E-state index contributed by atoms with van der Waals surface area (Å²) in [4.78, 5) is 0. The SMILES string of the molecule is [Li][CH](C)C.[MgH2]. The summed E-state index contributed by atoms with van der Waals surface area (Å²) in [5, 5.41) is 0. The van der Waals surface area contributed by atoms with E-state index in [9.17, 15) is 0 Å². The number of hydrogen-bond donors (Lipinski definition) is 0. The standard InChI is InChI=1S/C3H7.Li.Mg.2H/c1-3-2;;;;/h3H,1-2H3;;;;. The summed E-state index contributed by atoms with van der Waals surface area (Å²) in [6, 6.07) is 0. The van der Waals surface area contributed by atoms with Gasteiger partial charge in [-0.25, -0.2) is 0 Å². The third-order valence-corrected chi connectivity index (χ3v) is 0. The van der Waals surface area contributed by atoms with Crippen LogP contribution in [0.2, 0.25) is 4.59 Å². The Labute approximate surface area is 59.1 Å². The normalized spacial score (nSPS) is 7.40. The predicted octanol–water partition coefficient (Wildman–Crippen LogP) is 0.0670. The molecule has 0 aliphatic heterocycles. The second kappa shape index (κ2) is 5.36. The molecule has 0 aliphatic carbocycles. The van der Waals surface area contributed by atoms with Crippen molar-refractivity contribution in [2.24, 2.45) is 0 Å². The molecule has 0 aliphatic rings. The minimum absolute atomic E-state index is 0. The fraction of sp³-hybridized carbons (Fsp3) is 1.00. The monoisotopic (exact) mass is 76.1 g/mol. The second-order valence-corrected chi connectivity index (χ2v) is 1.73. The van der Waals surface area contributed by atoms with E-state index in [2.05, 4.69) is 31.6 Å². The van der Waals surface area contributed by atoms with Gasteiger partial charge in [-0.2, -0.15) is 0 Å². The smallest absolute Gasteiger partial charge is 0.316 e. The van der Waals surface area contributed by atoms with E-state index in [-0.39, 0.29) is 23.1 Å². The first-order chi connectivity index (χ1) is 1.73. The van der Waals surface area contributed by atoms with E-state index in [0.29, 0.717) is 0 Å². The first-order valence-electron chi connectivity index (χ1n) is 1.73. The fourth-order valence-electron chi connectivity index (χ4n) is 0. The molecule has 5 heavy (non-hydrogen) atoms. The second-order valence-electron chi connectivity index (χ2n) is 1.73. The molecule has 2 heteroatoms. The van der Waals surface area contributed by atoms with Crippen LogP contribution < -0.4 is 0 Å². The molecule has 0 fully saturated rings. The molecule has 0 heterocycles. The maximum Gasteiger partial charge on any atom is 0.316 e. The topological polar surface area (TPSA) is 0 Å². The quantitative estimate of drug-likeness (QED) is 0.358. The van der Waals surface area contributed by atoms with E-state index in [1.807, 2.05) is 0 Å². The van der Waals surface area contributed by atoms with Crippen LogP contribution in [0.5, 0.6) is 0 Å². The van der Waals surface area contributed by atoms with Crippen molar-refractivity contribution in [2.45, 2.75) is 18.4 Å². The first-order valence-corrected chi connectivity index (χ1v) is 1.73. The van der Waals surface area contributed by atoms with E-state index in [0.717, 1.165) is 4.59 Å². The Morgan fingerprint density at radius 2 is 1.40 bits per heavy atom. The average molecular weight is 76.4 g/mol. The Bertz CT molecular complexity index is 11.6. The maximum atomic E-state index is 2.17. The Balaban J connectivity index is 0. The summed E-state index contributed by atoms with van der Waals surface area (Å²) in [5.74, 6) is 0. The van der Waals surface area contributed by atoms with Crippen molar-refractivity contribution >= 4 is 40.8 Å². The molecule has 0 aromatic rings. The average Bonchev–Trinajstić information content (AvgIpc) is 0.811. The molecule has 24 valence electrons. The van der Waals surface area contributed by atoms with Gasteiger partial charge in [0.05, 0.1) is 0 Å². The van der Waals surface area contributed by atoms with Crippen molar-refractivity contribution in [1.29, 1.82) is 0 Å². The van der Waals surface area contributed by atoms with Crippen LogP contribution in [0, 0.1) is 0 Å². The molecule has 0 N–H and O–H groups in total. The molecule has 0 spiro atoms. The van der Waals surface area contributed by atoms with Gasteiger partial charge in [0.1, 0.15) is 0 Å². The summed E-state index contributed by atoms with van der Waals surface area (Å²) >= 11 is 2.17. The third kappa shape index (κ3) is 32.6. The number of rotatable bonds is 0. The van der Waals surface area contributed by atoms with Gasteiger partial charge < -0.3 is 0 Å². The molecule has 0 radical (unpaired) electrons. The number of hydrogen-bond acceptors (Lipinski definition) is 0. The van der Waals surface area contributed by atoms with Gasteiger partial charge in [0, 0.05) is 0 Å². The summed E-state index contributed by atoms with van der Waals surface area (Å²) in [6.45, 7) is 4.33. The van der Waals surface area contributed by atoms with Crippen molar-refractivity contribution in [2.75, 3.05) is 0 Å². The molecular weight excluding hydrogens is 67.3 g/mol. The molecule has 0 aromatic carbocycles. The van der Waals surface area contributed by atoms with Gasteiger partial charge in [0.2, 0.25) is 0 Å². The molecule has 0 rings (SSSR count). The van der Waals surface area contributed by atoms with Gasteiger partial charge in [-0.15, -0.1) is 0 Å². The van der Waals surface area contributed by atoms with Crippen LogP contribution in [0.15, 0.2) is 0 Å². The third-order valence-electron chi connectivity index (χ3n) is 0. The zero-order valence-corrected chi connectivity index (χ0v) is 3.58. The molecule has 0 saturated carbocycles. The minimum atomic E-state index is 0. The van der Waals surface area contributed by atoms with Gasteiger partial charge in [-0.05, 0) is 0 Å². The van der Waals surface area contributed by atoms with E-state index in [1.165, 1.54) is 0 Å². The zero-order valence-electron chi connectivity index (χ0n) is 3.58. The fourth-order valence-corrected chi connectivity index (χ4v) is 0. The summed E-state index contributed by atoms with van der Waals surface area (Å²) in [5.41, 5.74) is 0. The molecule has 0 saturated heterocycles. The van der Waals surface area contributed by atoms with Crippen molar-refractivity contribution in [3.05, 3.63) is 0 Å². The van der Waals surface area contributed by atoms with Crippen LogP contribution in [0.25, 0.3) is 0 Å². The molecule has 0 atom stereocenters. The van der Waals surface area contributed by atoms with E-state index >= 15 is 0 Å².